The second kappa shape index (κ2) is 11.5. The van der Waals surface area contributed by atoms with Gasteiger partial charge in [-0.1, -0.05) is 64.7 Å². The second-order valence-electron chi connectivity index (χ2n) is 8.03. The lowest BCUT2D eigenvalue weighted by molar-refractivity contribution is 0.0278. The lowest BCUT2D eigenvalue weighted by Crippen LogP contribution is -2.21. The van der Waals surface area contributed by atoms with Crippen molar-refractivity contribution in [3.05, 3.63) is 0 Å². The van der Waals surface area contributed by atoms with E-state index in [-0.39, 0.29) is 0 Å². The highest BCUT2D eigenvalue weighted by Crippen LogP contribution is 2.37. The van der Waals surface area contributed by atoms with Gasteiger partial charge in [0.2, 0.25) is 0 Å². The van der Waals surface area contributed by atoms with Gasteiger partial charge >= 0.3 is 0 Å². The van der Waals surface area contributed by atoms with Crippen molar-refractivity contribution in [1.82, 2.24) is 0 Å². The number of rotatable bonds is 10. The Morgan fingerprint density at radius 3 is 1.61 bits per heavy atom. The Morgan fingerprint density at radius 2 is 1.09 bits per heavy atom. The molecule has 0 spiro atoms. The summed E-state index contributed by atoms with van der Waals surface area (Å²) in [6.07, 6.45) is 16.1. The molecule has 2 aliphatic carbocycles. The average molecular weight is 325 g/mol. The molecular formula is C21H40O2. The molecule has 0 aromatic carbocycles. The summed E-state index contributed by atoms with van der Waals surface area (Å²) < 4.78 is 11.1. The molecule has 2 fully saturated rings. The van der Waals surface area contributed by atoms with E-state index in [1.807, 2.05) is 6.92 Å². The monoisotopic (exact) mass is 324 g/mol. The summed E-state index contributed by atoms with van der Waals surface area (Å²) in [5.41, 5.74) is 0. The van der Waals surface area contributed by atoms with Crippen LogP contribution < -0.4 is 0 Å². The third-order valence-electron chi connectivity index (χ3n) is 6.42. The minimum Gasteiger partial charge on any atom is -0.379 e. The van der Waals surface area contributed by atoms with Gasteiger partial charge in [-0.2, -0.15) is 0 Å². The molecule has 0 amide bonds. The number of hydrogen-bond donors (Lipinski definition) is 0. The third kappa shape index (κ3) is 7.56. The van der Waals surface area contributed by atoms with Crippen molar-refractivity contribution in [2.24, 2.45) is 23.7 Å². The molecule has 2 nitrogen and oxygen atoms in total. The number of hydrogen-bond acceptors (Lipinski definition) is 2. The van der Waals surface area contributed by atoms with Gasteiger partial charge in [0.1, 0.15) is 0 Å². The van der Waals surface area contributed by atoms with Crippen LogP contribution in [0.15, 0.2) is 0 Å². The van der Waals surface area contributed by atoms with E-state index >= 15 is 0 Å². The van der Waals surface area contributed by atoms with Gasteiger partial charge in [-0.05, 0) is 43.4 Å². The van der Waals surface area contributed by atoms with Crippen molar-refractivity contribution in [3.8, 4) is 0 Å². The molecule has 2 rings (SSSR count). The lowest BCUT2D eigenvalue weighted by Gasteiger charge is -2.31. The fraction of sp³-hybridized carbons (Fsp3) is 1.00. The molecule has 0 aliphatic heterocycles. The van der Waals surface area contributed by atoms with Crippen molar-refractivity contribution in [2.45, 2.75) is 84.5 Å². The zero-order valence-corrected chi connectivity index (χ0v) is 15.7. The van der Waals surface area contributed by atoms with Crippen LogP contribution in [0, 0.1) is 23.7 Å². The first-order chi connectivity index (χ1) is 11.3. The minimum atomic E-state index is 0.756. The Hall–Kier alpha value is -0.0800. The molecule has 136 valence electrons. The standard InChI is InChI=1S/C21H40O2/c1-3-18-5-7-19(8-6-18)9-10-20-11-13-21(14-12-20)17-23-16-15-22-4-2/h18-21H,3-17H2,1-2H3/t18-,19-,20-,21-. The van der Waals surface area contributed by atoms with Crippen LogP contribution in [0.5, 0.6) is 0 Å². The first-order valence-electron chi connectivity index (χ1n) is 10.5. The van der Waals surface area contributed by atoms with E-state index in [0.717, 1.165) is 50.1 Å². The normalized spacial score (nSPS) is 32.1. The summed E-state index contributed by atoms with van der Waals surface area (Å²) in [5, 5.41) is 0. The Morgan fingerprint density at radius 1 is 0.609 bits per heavy atom. The summed E-state index contributed by atoms with van der Waals surface area (Å²) in [4.78, 5) is 0. The van der Waals surface area contributed by atoms with Crippen LogP contribution in [0.1, 0.15) is 84.5 Å². The Kier molecular flexibility index (Phi) is 9.60. The first kappa shape index (κ1) is 19.2. The summed E-state index contributed by atoms with van der Waals surface area (Å²) in [6.45, 7) is 7.69. The van der Waals surface area contributed by atoms with E-state index in [1.54, 1.807) is 0 Å². The topological polar surface area (TPSA) is 18.5 Å². The average Bonchev–Trinajstić information content (AvgIpc) is 2.61. The van der Waals surface area contributed by atoms with Crippen LogP contribution in [0.25, 0.3) is 0 Å². The molecule has 0 aromatic heterocycles. The van der Waals surface area contributed by atoms with Crippen LogP contribution in [-0.2, 0) is 9.47 Å². The molecule has 2 aliphatic rings. The van der Waals surface area contributed by atoms with Gasteiger partial charge in [-0.15, -0.1) is 0 Å². The van der Waals surface area contributed by atoms with E-state index in [9.17, 15) is 0 Å². The zero-order valence-electron chi connectivity index (χ0n) is 15.7. The highest BCUT2D eigenvalue weighted by molar-refractivity contribution is 4.76. The zero-order chi connectivity index (χ0) is 16.3. The van der Waals surface area contributed by atoms with Gasteiger partial charge in [0.15, 0.2) is 0 Å². The van der Waals surface area contributed by atoms with Crippen LogP contribution in [0.3, 0.4) is 0 Å². The van der Waals surface area contributed by atoms with Crippen molar-refractivity contribution < 1.29 is 9.47 Å². The smallest absolute Gasteiger partial charge is 0.0700 e. The Balaban J connectivity index is 1.48. The SMILES string of the molecule is CCOCCOC[C@H]1CC[C@H](CC[C@H]2CC[C@H](CC)CC2)CC1. The third-order valence-corrected chi connectivity index (χ3v) is 6.42. The molecule has 0 N–H and O–H groups in total. The highest BCUT2D eigenvalue weighted by Gasteiger charge is 2.24. The molecule has 2 saturated carbocycles. The first-order valence-corrected chi connectivity index (χ1v) is 10.5. The fourth-order valence-corrected chi connectivity index (χ4v) is 4.60. The van der Waals surface area contributed by atoms with E-state index in [2.05, 4.69) is 6.92 Å². The molecule has 0 atom stereocenters. The minimum absolute atomic E-state index is 0.756. The Labute approximate surface area is 144 Å². The van der Waals surface area contributed by atoms with E-state index < -0.39 is 0 Å². The second-order valence-corrected chi connectivity index (χ2v) is 8.03. The van der Waals surface area contributed by atoms with Gasteiger partial charge in [-0.25, -0.2) is 0 Å². The fourth-order valence-electron chi connectivity index (χ4n) is 4.60. The Bertz CT molecular complexity index is 276. The molecule has 0 bridgehead atoms. The predicted molar refractivity (Wildman–Crippen MR) is 97.7 cm³/mol. The molecule has 0 unspecified atom stereocenters. The number of ether oxygens (including phenoxy) is 2. The summed E-state index contributed by atoms with van der Waals surface area (Å²) >= 11 is 0. The quantitative estimate of drug-likeness (QED) is 0.470. The highest BCUT2D eigenvalue weighted by atomic mass is 16.5. The molecule has 0 aromatic rings. The maximum atomic E-state index is 5.76. The molecule has 0 saturated heterocycles. The van der Waals surface area contributed by atoms with Crippen LogP contribution in [0.2, 0.25) is 0 Å². The molecule has 2 heteroatoms. The van der Waals surface area contributed by atoms with E-state index in [0.29, 0.717) is 0 Å². The van der Waals surface area contributed by atoms with E-state index in [4.69, 9.17) is 9.47 Å². The van der Waals surface area contributed by atoms with Crippen LogP contribution >= 0.6 is 0 Å². The molecule has 0 radical (unpaired) electrons. The van der Waals surface area contributed by atoms with Crippen LogP contribution in [-0.4, -0.2) is 26.4 Å². The van der Waals surface area contributed by atoms with Crippen LogP contribution in [0.4, 0.5) is 0 Å². The maximum Gasteiger partial charge on any atom is 0.0700 e. The van der Waals surface area contributed by atoms with Crippen molar-refractivity contribution in [2.75, 3.05) is 26.4 Å². The predicted octanol–water partition coefficient (Wildman–Crippen LogP) is 5.84. The summed E-state index contributed by atoms with van der Waals surface area (Å²) in [7, 11) is 0. The van der Waals surface area contributed by atoms with Gasteiger partial charge in [-0.3, -0.25) is 0 Å². The van der Waals surface area contributed by atoms with Crippen molar-refractivity contribution >= 4 is 0 Å². The van der Waals surface area contributed by atoms with Gasteiger partial charge in [0, 0.05) is 13.2 Å². The molecule has 23 heavy (non-hydrogen) atoms. The van der Waals surface area contributed by atoms with Gasteiger partial charge in [0.25, 0.3) is 0 Å². The molecular weight excluding hydrogens is 284 g/mol. The summed E-state index contributed by atoms with van der Waals surface area (Å²) in [5.74, 6) is 3.92. The van der Waals surface area contributed by atoms with Gasteiger partial charge in [0.05, 0.1) is 13.2 Å². The van der Waals surface area contributed by atoms with E-state index in [1.165, 1.54) is 70.6 Å². The summed E-state index contributed by atoms with van der Waals surface area (Å²) in [6, 6.07) is 0. The lowest BCUT2D eigenvalue weighted by atomic mass is 9.75. The maximum absolute atomic E-state index is 5.76. The van der Waals surface area contributed by atoms with Crippen molar-refractivity contribution in [1.29, 1.82) is 0 Å². The van der Waals surface area contributed by atoms with Gasteiger partial charge < -0.3 is 9.47 Å². The largest absolute Gasteiger partial charge is 0.379 e. The van der Waals surface area contributed by atoms with Crippen molar-refractivity contribution in [3.63, 3.8) is 0 Å². The molecule has 0 heterocycles.